The van der Waals surface area contributed by atoms with Crippen molar-refractivity contribution in [3.63, 3.8) is 0 Å². The molecule has 4 aromatic carbocycles. The minimum atomic E-state index is -4.02. The summed E-state index contributed by atoms with van der Waals surface area (Å²) in [6, 6.07) is 31.6. The molecule has 192 valence electrons. The molecule has 8 heteroatoms. The maximum Gasteiger partial charge on any atom is 0.241 e. The lowest BCUT2D eigenvalue weighted by Crippen LogP contribution is -2.16. The third-order valence-electron chi connectivity index (χ3n) is 5.10. The Bertz CT molecular complexity index is 1380. The van der Waals surface area contributed by atoms with Crippen LogP contribution in [0.15, 0.2) is 120 Å². The summed E-state index contributed by atoms with van der Waals surface area (Å²) < 4.78 is 30.7. The van der Waals surface area contributed by atoms with Gasteiger partial charge in [0.2, 0.25) is 10.0 Å². The first-order valence-corrected chi connectivity index (χ1v) is 13.3. The van der Waals surface area contributed by atoms with Gasteiger partial charge in [-0.25, -0.2) is 13.6 Å². The van der Waals surface area contributed by atoms with Crippen molar-refractivity contribution in [2.24, 2.45) is 5.14 Å². The fourth-order valence-electron chi connectivity index (χ4n) is 3.32. The van der Waals surface area contributed by atoms with Gasteiger partial charge in [-0.1, -0.05) is 66.7 Å². The van der Waals surface area contributed by atoms with Crippen LogP contribution in [-0.2, 0) is 16.6 Å². The van der Waals surface area contributed by atoms with Crippen LogP contribution in [0, 0.1) is 0 Å². The second kappa shape index (κ2) is 13.7. The molecular formula is C29H32N4O3S. The van der Waals surface area contributed by atoms with E-state index in [2.05, 4.69) is 10.6 Å². The van der Waals surface area contributed by atoms with Crippen molar-refractivity contribution in [3.8, 4) is 11.5 Å². The lowest BCUT2D eigenvalue weighted by atomic mass is 10.1. The predicted molar refractivity (Wildman–Crippen MR) is 152 cm³/mol. The minimum absolute atomic E-state index is 0.0679. The summed E-state index contributed by atoms with van der Waals surface area (Å²) in [6.07, 6.45) is 3.84. The molecule has 0 aliphatic carbocycles. The third-order valence-corrected chi connectivity index (χ3v) is 6.02. The van der Waals surface area contributed by atoms with E-state index < -0.39 is 10.0 Å². The number of rotatable bonds is 9. The fourth-order valence-corrected chi connectivity index (χ4v) is 4.04. The van der Waals surface area contributed by atoms with Crippen molar-refractivity contribution >= 4 is 27.1 Å². The monoisotopic (exact) mass is 516 g/mol. The smallest absolute Gasteiger partial charge is 0.241 e. The zero-order valence-electron chi connectivity index (χ0n) is 20.7. The molecule has 0 aromatic heterocycles. The standard InChI is InChI=1S/C23H25N3O3S.C6H7N/c1-2-3-14-25-21-15-18(17-26-19-10-6-4-7-11-19)16-22(30(24,27)28)23(21)29-20-12-8-5-9-13-20;7-6-4-2-1-3-5-6/h2-13,15-16,25-26H,14,17H2,1H3,(H2,24,27,28);1-5H,7H2. The molecule has 0 heterocycles. The van der Waals surface area contributed by atoms with Crippen LogP contribution in [0.3, 0.4) is 0 Å². The first kappa shape index (κ1) is 27.3. The average Bonchev–Trinajstić information content (AvgIpc) is 2.90. The van der Waals surface area contributed by atoms with E-state index in [1.54, 1.807) is 18.2 Å². The molecule has 0 aliphatic heterocycles. The van der Waals surface area contributed by atoms with E-state index >= 15 is 0 Å². The van der Waals surface area contributed by atoms with Gasteiger partial charge in [0.05, 0.1) is 5.69 Å². The number of ether oxygens (including phenoxy) is 1. The highest BCUT2D eigenvalue weighted by molar-refractivity contribution is 7.89. The van der Waals surface area contributed by atoms with Gasteiger partial charge < -0.3 is 21.1 Å². The Kier molecular flexibility index (Phi) is 10.1. The number of benzene rings is 4. The van der Waals surface area contributed by atoms with Crippen LogP contribution in [0.25, 0.3) is 0 Å². The maximum absolute atomic E-state index is 12.4. The molecule has 0 radical (unpaired) electrons. The van der Waals surface area contributed by atoms with Crippen LogP contribution in [0.4, 0.5) is 17.1 Å². The molecule has 0 spiro atoms. The van der Waals surface area contributed by atoms with Gasteiger partial charge in [0.15, 0.2) is 5.75 Å². The van der Waals surface area contributed by atoms with Gasteiger partial charge in [0.1, 0.15) is 10.6 Å². The van der Waals surface area contributed by atoms with Crippen molar-refractivity contribution in [2.75, 3.05) is 22.9 Å². The molecule has 0 atom stereocenters. The van der Waals surface area contributed by atoms with E-state index in [9.17, 15) is 8.42 Å². The minimum Gasteiger partial charge on any atom is -0.454 e. The molecule has 4 rings (SSSR count). The molecule has 37 heavy (non-hydrogen) atoms. The van der Waals surface area contributed by atoms with Gasteiger partial charge in [-0.15, -0.1) is 0 Å². The number of hydrogen-bond acceptors (Lipinski definition) is 6. The van der Waals surface area contributed by atoms with E-state index in [1.807, 2.05) is 104 Å². The molecule has 6 N–H and O–H groups in total. The zero-order valence-corrected chi connectivity index (χ0v) is 21.5. The first-order valence-electron chi connectivity index (χ1n) is 11.7. The number of nitrogen functional groups attached to an aromatic ring is 1. The highest BCUT2D eigenvalue weighted by Gasteiger charge is 2.21. The number of primary sulfonamides is 1. The number of anilines is 3. The Morgan fingerprint density at radius 3 is 1.97 bits per heavy atom. The Hall–Kier alpha value is -4.27. The Morgan fingerprint density at radius 2 is 1.43 bits per heavy atom. The summed E-state index contributed by atoms with van der Waals surface area (Å²) in [6.45, 7) is 2.86. The molecule has 0 fully saturated rings. The number of sulfonamides is 1. The number of hydrogen-bond donors (Lipinski definition) is 4. The van der Waals surface area contributed by atoms with E-state index in [1.165, 1.54) is 0 Å². The number of para-hydroxylation sites is 3. The fraction of sp³-hybridized carbons (Fsp3) is 0.103. The van der Waals surface area contributed by atoms with Crippen LogP contribution in [0.5, 0.6) is 11.5 Å². The highest BCUT2D eigenvalue weighted by atomic mass is 32.2. The van der Waals surface area contributed by atoms with E-state index in [4.69, 9.17) is 15.6 Å². The number of nitrogens with one attached hydrogen (secondary N) is 2. The largest absolute Gasteiger partial charge is 0.454 e. The summed E-state index contributed by atoms with van der Waals surface area (Å²) >= 11 is 0. The number of nitrogens with two attached hydrogens (primary N) is 2. The molecular weight excluding hydrogens is 484 g/mol. The first-order chi connectivity index (χ1) is 17.9. The molecule has 0 amide bonds. The Labute approximate surface area is 218 Å². The molecule has 0 saturated heterocycles. The van der Waals surface area contributed by atoms with Gasteiger partial charge in [-0.2, -0.15) is 0 Å². The molecule has 4 aromatic rings. The summed E-state index contributed by atoms with van der Waals surface area (Å²) in [5, 5.41) is 12.1. The SMILES string of the molecule is CC=CCNc1cc(CNc2ccccc2)cc(S(N)(=O)=O)c1Oc1ccccc1.Nc1ccccc1. The summed E-state index contributed by atoms with van der Waals surface area (Å²) in [4.78, 5) is -0.0679. The average molecular weight is 517 g/mol. The molecule has 7 nitrogen and oxygen atoms in total. The molecule has 0 saturated carbocycles. The summed E-state index contributed by atoms with van der Waals surface area (Å²) in [5.74, 6) is 0.698. The van der Waals surface area contributed by atoms with Crippen LogP contribution < -0.4 is 26.2 Å². The second-order valence-electron chi connectivity index (χ2n) is 8.01. The highest BCUT2D eigenvalue weighted by Crippen LogP contribution is 2.37. The lowest BCUT2D eigenvalue weighted by molar-refractivity contribution is 0.469. The maximum atomic E-state index is 12.4. The quantitative estimate of drug-likeness (QED) is 0.160. The van der Waals surface area contributed by atoms with Crippen molar-refractivity contribution < 1.29 is 13.2 Å². The summed E-state index contributed by atoms with van der Waals surface area (Å²) in [7, 11) is -4.02. The molecule has 0 aliphatic rings. The van der Waals surface area contributed by atoms with Gasteiger partial charge in [-0.05, 0) is 61.0 Å². The normalized spacial score (nSPS) is 10.9. The second-order valence-corrected chi connectivity index (χ2v) is 9.54. The molecule has 0 unspecified atom stereocenters. The third kappa shape index (κ3) is 9.03. The van der Waals surface area contributed by atoms with Crippen molar-refractivity contribution in [3.05, 3.63) is 121 Å². The zero-order chi connectivity index (χ0) is 26.5. The van der Waals surface area contributed by atoms with Gasteiger partial charge >= 0.3 is 0 Å². The molecule has 0 bridgehead atoms. The lowest BCUT2D eigenvalue weighted by Gasteiger charge is -2.18. The topological polar surface area (TPSA) is 119 Å². The Balaban J connectivity index is 0.000000468. The predicted octanol–water partition coefficient (Wildman–Crippen LogP) is 6.00. The van der Waals surface area contributed by atoms with Gasteiger partial charge in [0.25, 0.3) is 0 Å². The Morgan fingerprint density at radius 1 is 0.838 bits per heavy atom. The number of allylic oxidation sites excluding steroid dienone is 1. The van der Waals surface area contributed by atoms with E-state index in [0.717, 1.165) is 16.9 Å². The van der Waals surface area contributed by atoms with Gasteiger partial charge in [-0.3, -0.25) is 0 Å². The van der Waals surface area contributed by atoms with Gasteiger partial charge in [0, 0.05) is 24.5 Å². The summed E-state index contributed by atoms with van der Waals surface area (Å²) in [5.41, 5.74) is 8.42. The van der Waals surface area contributed by atoms with Crippen LogP contribution in [-0.4, -0.2) is 15.0 Å². The van der Waals surface area contributed by atoms with Crippen LogP contribution >= 0.6 is 0 Å². The van der Waals surface area contributed by atoms with Crippen molar-refractivity contribution in [1.29, 1.82) is 0 Å². The van der Waals surface area contributed by atoms with Crippen LogP contribution in [0.2, 0.25) is 0 Å². The van der Waals surface area contributed by atoms with Crippen LogP contribution in [0.1, 0.15) is 12.5 Å². The van der Waals surface area contributed by atoms with E-state index in [-0.39, 0.29) is 10.6 Å². The van der Waals surface area contributed by atoms with Crippen molar-refractivity contribution in [2.45, 2.75) is 18.4 Å². The van der Waals surface area contributed by atoms with Crippen molar-refractivity contribution in [1.82, 2.24) is 0 Å². The van der Waals surface area contributed by atoms with E-state index in [0.29, 0.717) is 24.5 Å².